The van der Waals surface area contributed by atoms with Crippen molar-refractivity contribution in [3.8, 4) is 5.75 Å². The van der Waals surface area contributed by atoms with Gasteiger partial charge >= 0.3 is 0 Å². The number of ether oxygens (including phenoxy) is 1. The molecule has 0 spiro atoms. The number of methoxy groups -OCH3 is 1. The van der Waals surface area contributed by atoms with Gasteiger partial charge in [0.05, 0.1) is 17.8 Å². The maximum absolute atomic E-state index is 11.6. The van der Waals surface area contributed by atoms with Gasteiger partial charge < -0.3 is 10.1 Å². The topological polar surface area (TPSA) is 58.6 Å². The Kier molecular flexibility index (Phi) is 5.51. The molecule has 1 unspecified atom stereocenters. The lowest BCUT2D eigenvalue weighted by Crippen LogP contribution is -2.41. The summed E-state index contributed by atoms with van der Waals surface area (Å²) in [6.45, 7) is 2.00. The van der Waals surface area contributed by atoms with Gasteiger partial charge in [0, 0.05) is 31.4 Å². The minimum atomic E-state index is -3.08. The predicted octanol–water partition coefficient (Wildman–Crippen LogP) is 2.54. The number of benzene rings is 1. The molecule has 1 aliphatic rings. The molecule has 0 aliphatic carbocycles. The maximum atomic E-state index is 11.6. The normalized spacial score (nSPS) is 20.2. The quantitative estimate of drug-likeness (QED) is 0.857. The first-order chi connectivity index (χ1) is 9.90. The zero-order valence-corrected chi connectivity index (χ0v) is 14.7. The summed E-state index contributed by atoms with van der Waals surface area (Å²) in [5.41, 5.74) is 0.978. The lowest BCUT2D eigenvalue weighted by Gasteiger charge is -2.31. The Morgan fingerprint density at radius 1 is 1.48 bits per heavy atom. The van der Waals surface area contributed by atoms with E-state index in [2.05, 4.69) is 21.2 Å². The van der Waals surface area contributed by atoms with Crippen molar-refractivity contribution in [2.45, 2.75) is 12.8 Å². The van der Waals surface area contributed by atoms with Crippen molar-refractivity contribution >= 4 is 31.6 Å². The van der Waals surface area contributed by atoms with Crippen LogP contribution in [0.25, 0.3) is 0 Å². The Labute approximate surface area is 134 Å². The number of hydrogen-bond acceptors (Lipinski definition) is 4. The monoisotopic (exact) mass is 376 g/mol. The maximum Gasteiger partial charge on any atom is 0.211 e. The molecule has 0 bridgehead atoms. The first-order valence-electron chi connectivity index (χ1n) is 6.92. The lowest BCUT2D eigenvalue weighted by atomic mass is 9.99. The number of sulfonamides is 1. The van der Waals surface area contributed by atoms with Gasteiger partial charge in [0.25, 0.3) is 0 Å². The molecule has 0 amide bonds. The third kappa shape index (κ3) is 4.59. The van der Waals surface area contributed by atoms with E-state index in [1.165, 1.54) is 6.26 Å². The molecule has 1 heterocycles. The minimum Gasteiger partial charge on any atom is -0.495 e. The van der Waals surface area contributed by atoms with Gasteiger partial charge in [-0.2, -0.15) is 0 Å². The number of halogens is 1. The molecule has 0 aromatic heterocycles. The molecule has 5 nitrogen and oxygen atoms in total. The fraction of sp³-hybridized carbons (Fsp3) is 0.571. The number of rotatable bonds is 5. The van der Waals surface area contributed by atoms with E-state index in [0.717, 1.165) is 35.3 Å². The first kappa shape index (κ1) is 16.6. The van der Waals surface area contributed by atoms with E-state index in [9.17, 15) is 8.42 Å². The highest BCUT2D eigenvalue weighted by molar-refractivity contribution is 9.10. The van der Waals surface area contributed by atoms with E-state index >= 15 is 0 Å². The van der Waals surface area contributed by atoms with Crippen molar-refractivity contribution in [2.24, 2.45) is 5.92 Å². The third-order valence-corrected chi connectivity index (χ3v) is 5.62. The molecule has 2 rings (SSSR count). The Morgan fingerprint density at radius 3 is 2.90 bits per heavy atom. The Balaban J connectivity index is 1.94. The summed E-state index contributed by atoms with van der Waals surface area (Å²) in [4.78, 5) is 0. The first-order valence-corrected chi connectivity index (χ1v) is 9.57. The molecular weight excluding hydrogens is 356 g/mol. The summed E-state index contributed by atoms with van der Waals surface area (Å²) in [5.74, 6) is 1.12. The van der Waals surface area contributed by atoms with Crippen molar-refractivity contribution in [3.05, 3.63) is 22.7 Å². The molecule has 1 atom stereocenters. The summed E-state index contributed by atoms with van der Waals surface area (Å²) in [7, 11) is -1.44. The molecule has 1 aromatic rings. The second kappa shape index (κ2) is 6.98. The van der Waals surface area contributed by atoms with Gasteiger partial charge in [-0.25, -0.2) is 12.7 Å². The summed E-state index contributed by atoms with van der Waals surface area (Å²) in [5, 5.41) is 3.37. The summed E-state index contributed by atoms with van der Waals surface area (Å²) < 4.78 is 31.0. The highest BCUT2D eigenvalue weighted by atomic mass is 79.9. The smallest absolute Gasteiger partial charge is 0.211 e. The summed E-state index contributed by atoms with van der Waals surface area (Å²) in [6, 6.07) is 5.84. The predicted molar refractivity (Wildman–Crippen MR) is 88.3 cm³/mol. The standard InChI is InChI=1S/C14H21BrN2O3S/c1-20-14-8-12(5-6-13(14)15)16-9-11-4-3-7-17(10-11)21(2,18)19/h5-6,8,11,16H,3-4,7,9-10H2,1-2H3. The van der Waals surface area contributed by atoms with Crippen molar-refractivity contribution < 1.29 is 13.2 Å². The molecule has 0 saturated carbocycles. The van der Waals surface area contributed by atoms with Crippen LogP contribution >= 0.6 is 15.9 Å². The zero-order valence-electron chi connectivity index (χ0n) is 12.3. The second-order valence-corrected chi connectivity index (χ2v) is 8.20. The van der Waals surface area contributed by atoms with Crippen LogP contribution in [0.2, 0.25) is 0 Å². The van der Waals surface area contributed by atoms with Gasteiger partial charge in [-0.15, -0.1) is 0 Å². The van der Waals surface area contributed by atoms with E-state index in [-0.39, 0.29) is 0 Å². The molecule has 1 aromatic carbocycles. The van der Waals surface area contributed by atoms with Crippen LogP contribution in [0.4, 0.5) is 5.69 Å². The van der Waals surface area contributed by atoms with Crippen LogP contribution in [-0.2, 0) is 10.0 Å². The van der Waals surface area contributed by atoms with Crippen LogP contribution < -0.4 is 10.1 Å². The Bertz CT molecular complexity index is 592. The summed E-state index contributed by atoms with van der Waals surface area (Å²) >= 11 is 3.42. The van der Waals surface area contributed by atoms with Crippen molar-refractivity contribution in [1.82, 2.24) is 4.31 Å². The fourth-order valence-electron chi connectivity index (χ4n) is 2.53. The van der Waals surface area contributed by atoms with Crippen molar-refractivity contribution in [1.29, 1.82) is 0 Å². The number of nitrogens with zero attached hydrogens (tertiary/aromatic N) is 1. The van der Waals surface area contributed by atoms with Crippen LogP contribution in [-0.4, -0.2) is 45.7 Å². The second-order valence-electron chi connectivity index (χ2n) is 5.36. The largest absolute Gasteiger partial charge is 0.495 e. The molecule has 1 N–H and O–H groups in total. The third-order valence-electron chi connectivity index (χ3n) is 3.70. The zero-order chi connectivity index (χ0) is 15.5. The van der Waals surface area contributed by atoms with E-state index < -0.39 is 10.0 Å². The van der Waals surface area contributed by atoms with Gasteiger partial charge in [-0.1, -0.05) is 0 Å². The Morgan fingerprint density at radius 2 is 2.24 bits per heavy atom. The molecule has 1 fully saturated rings. The van der Waals surface area contributed by atoms with Crippen LogP contribution in [0.15, 0.2) is 22.7 Å². The molecule has 0 radical (unpaired) electrons. The van der Waals surface area contributed by atoms with E-state index in [0.29, 0.717) is 19.0 Å². The highest BCUT2D eigenvalue weighted by Crippen LogP contribution is 2.28. The van der Waals surface area contributed by atoms with Gasteiger partial charge in [0.2, 0.25) is 10.0 Å². The highest BCUT2D eigenvalue weighted by Gasteiger charge is 2.25. The average Bonchev–Trinajstić information content (AvgIpc) is 2.46. The van der Waals surface area contributed by atoms with Crippen LogP contribution in [0.3, 0.4) is 0 Å². The minimum absolute atomic E-state index is 0.336. The van der Waals surface area contributed by atoms with Crippen LogP contribution in [0.1, 0.15) is 12.8 Å². The number of nitrogens with one attached hydrogen (secondary N) is 1. The van der Waals surface area contributed by atoms with E-state index in [1.54, 1.807) is 11.4 Å². The van der Waals surface area contributed by atoms with Gasteiger partial charge in [-0.3, -0.25) is 0 Å². The molecular formula is C14H21BrN2O3S. The molecule has 1 saturated heterocycles. The number of piperidine rings is 1. The Hall–Kier alpha value is -0.790. The lowest BCUT2D eigenvalue weighted by molar-refractivity contribution is 0.277. The van der Waals surface area contributed by atoms with Crippen molar-refractivity contribution in [3.63, 3.8) is 0 Å². The molecule has 118 valence electrons. The molecule has 7 heteroatoms. The fourth-order valence-corrected chi connectivity index (χ4v) is 3.88. The number of hydrogen-bond donors (Lipinski definition) is 1. The molecule has 1 aliphatic heterocycles. The van der Waals surface area contributed by atoms with Gasteiger partial charge in [0.1, 0.15) is 5.75 Å². The van der Waals surface area contributed by atoms with Crippen molar-refractivity contribution in [2.75, 3.05) is 38.3 Å². The molecule has 21 heavy (non-hydrogen) atoms. The van der Waals surface area contributed by atoms with Gasteiger partial charge in [0.15, 0.2) is 0 Å². The SMILES string of the molecule is COc1cc(NCC2CCCN(S(C)(=O)=O)C2)ccc1Br. The summed E-state index contributed by atoms with van der Waals surface area (Å²) in [6.07, 6.45) is 3.25. The van der Waals surface area contributed by atoms with Crippen LogP contribution in [0, 0.1) is 5.92 Å². The average molecular weight is 377 g/mol. The van der Waals surface area contributed by atoms with Crippen LogP contribution in [0.5, 0.6) is 5.75 Å². The van der Waals surface area contributed by atoms with E-state index in [1.807, 2.05) is 18.2 Å². The van der Waals surface area contributed by atoms with Gasteiger partial charge in [-0.05, 0) is 46.8 Å². The number of anilines is 1. The van der Waals surface area contributed by atoms with E-state index in [4.69, 9.17) is 4.74 Å².